The number of hydrogen-bond donors (Lipinski definition) is 2. The van der Waals surface area contributed by atoms with Gasteiger partial charge in [0.05, 0.1) is 17.4 Å². The van der Waals surface area contributed by atoms with Crippen molar-refractivity contribution in [3.8, 4) is 17.2 Å². The minimum absolute atomic E-state index is 0.198. The molecule has 0 radical (unpaired) electrons. The van der Waals surface area contributed by atoms with Gasteiger partial charge in [-0.1, -0.05) is 36.4 Å². The van der Waals surface area contributed by atoms with E-state index in [0.717, 1.165) is 11.1 Å². The summed E-state index contributed by atoms with van der Waals surface area (Å²) >= 11 is 0. The summed E-state index contributed by atoms with van der Waals surface area (Å²) < 4.78 is 24.2. The second kappa shape index (κ2) is 8.42. The Morgan fingerprint density at radius 3 is 2.12 bits per heavy atom. The fraction of sp³-hybridized carbons (Fsp3) is 0.222. The molecule has 1 amide bonds. The van der Waals surface area contributed by atoms with Crippen LogP contribution >= 0.6 is 0 Å². The number of carbonyl (C=O) groups excluding carboxylic acids is 1. The molecule has 0 fully saturated rings. The number of benzene rings is 2. The minimum atomic E-state index is -3.54. The van der Waals surface area contributed by atoms with Crippen LogP contribution in [0.1, 0.15) is 11.1 Å². The molecule has 0 unspecified atom stereocenters. The van der Waals surface area contributed by atoms with Crippen molar-refractivity contribution in [2.24, 2.45) is 5.73 Å². The first-order chi connectivity index (χ1) is 11.9. The number of rotatable bonds is 7. The van der Waals surface area contributed by atoms with Gasteiger partial charge in [-0.25, -0.2) is 8.42 Å². The summed E-state index contributed by atoms with van der Waals surface area (Å²) in [5.41, 5.74) is 8.32. The molecule has 2 rings (SSSR count). The third-order valence-electron chi connectivity index (χ3n) is 3.51. The molecule has 0 spiro atoms. The lowest BCUT2D eigenvalue weighted by molar-refractivity contribution is -0.118. The van der Waals surface area contributed by atoms with Crippen LogP contribution in [-0.2, 0) is 20.4 Å². The highest BCUT2D eigenvalue weighted by atomic mass is 32.2. The number of nitriles is 1. The molecule has 0 bridgehead atoms. The monoisotopic (exact) mass is 357 g/mol. The van der Waals surface area contributed by atoms with Gasteiger partial charge in [0.2, 0.25) is 5.91 Å². The molecule has 0 heterocycles. The first-order valence-corrected chi connectivity index (χ1v) is 9.52. The van der Waals surface area contributed by atoms with Gasteiger partial charge in [0, 0.05) is 13.1 Å². The van der Waals surface area contributed by atoms with Gasteiger partial charge in [0.15, 0.2) is 9.84 Å². The lowest BCUT2D eigenvalue weighted by Crippen LogP contribution is -2.34. The molecule has 0 aliphatic heterocycles. The van der Waals surface area contributed by atoms with Crippen molar-refractivity contribution in [3.05, 3.63) is 59.7 Å². The Labute approximate surface area is 147 Å². The normalized spacial score (nSPS) is 10.9. The maximum absolute atomic E-state index is 12.1. The molecular formula is C18H19N3O3S. The third-order valence-corrected chi connectivity index (χ3v) is 4.98. The van der Waals surface area contributed by atoms with Gasteiger partial charge in [-0.2, -0.15) is 5.26 Å². The lowest BCUT2D eigenvalue weighted by atomic mass is 10.0. The van der Waals surface area contributed by atoms with Gasteiger partial charge in [-0.05, 0) is 28.8 Å². The number of nitrogens with one attached hydrogen (secondary N) is 1. The molecule has 0 aromatic heterocycles. The second-order valence-corrected chi connectivity index (χ2v) is 7.62. The van der Waals surface area contributed by atoms with Crippen LogP contribution in [0.5, 0.6) is 0 Å². The molecule has 0 saturated carbocycles. The minimum Gasteiger partial charge on any atom is -0.354 e. The molecule has 0 atom stereocenters. The van der Waals surface area contributed by atoms with E-state index in [-0.39, 0.29) is 18.8 Å². The van der Waals surface area contributed by atoms with E-state index in [1.807, 2.05) is 24.3 Å². The Bertz CT molecular complexity index is 867. The topological polar surface area (TPSA) is 113 Å². The summed E-state index contributed by atoms with van der Waals surface area (Å²) in [4.78, 5) is 11.5. The van der Waals surface area contributed by atoms with E-state index in [2.05, 4.69) is 11.4 Å². The highest BCUT2D eigenvalue weighted by Crippen LogP contribution is 2.21. The molecule has 6 nitrogen and oxygen atoms in total. The van der Waals surface area contributed by atoms with Crippen molar-refractivity contribution in [2.75, 3.05) is 18.8 Å². The fourth-order valence-corrected chi connectivity index (χ4v) is 3.60. The average molecular weight is 357 g/mol. The highest BCUT2D eigenvalue weighted by molar-refractivity contribution is 7.91. The van der Waals surface area contributed by atoms with Crippen molar-refractivity contribution in [1.29, 1.82) is 5.26 Å². The summed E-state index contributed by atoms with van der Waals surface area (Å²) in [5.74, 6) is -1.29. The smallest absolute Gasteiger partial charge is 0.235 e. The van der Waals surface area contributed by atoms with E-state index in [1.165, 1.54) is 0 Å². The molecule has 0 saturated heterocycles. The first kappa shape index (κ1) is 18.6. The van der Waals surface area contributed by atoms with E-state index in [1.54, 1.807) is 24.3 Å². The van der Waals surface area contributed by atoms with Gasteiger partial charge in [-0.3, -0.25) is 4.79 Å². The van der Waals surface area contributed by atoms with E-state index in [4.69, 9.17) is 11.0 Å². The van der Waals surface area contributed by atoms with Crippen LogP contribution < -0.4 is 11.1 Å². The Hall–Kier alpha value is -2.69. The Kier molecular flexibility index (Phi) is 6.28. The van der Waals surface area contributed by atoms with Crippen molar-refractivity contribution in [2.45, 2.75) is 5.75 Å². The Balaban J connectivity index is 2.04. The summed E-state index contributed by atoms with van der Waals surface area (Å²) in [6.45, 7) is 0.524. The van der Waals surface area contributed by atoms with Gasteiger partial charge in [-0.15, -0.1) is 0 Å². The molecule has 0 aliphatic rings. The number of nitrogens with two attached hydrogens (primary N) is 1. The largest absolute Gasteiger partial charge is 0.354 e. The lowest BCUT2D eigenvalue weighted by Gasteiger charge is -2.07. The number of nitrogens with zero attached hydrogens (tertiary/aromatic N) is 1. The molecule has 130 valence electrons. The zero-order valence-electron chi connectivity index (χ0n) is 13.6. The maximum Gasteiger partial charge on any atom is 0.235 e. The summed E-state index contributed by atoms with van der Waals surface area (Å²) in [6.07, 6.45) is 0. The molecular weight excluding hydrogens is 338 g/mol. The fourth-order valence-electron chi connectivity index (χ4n) is 2.30. The summed E-state index contributed by atoms with van der Waals surface area (Å²) in [6, 6.07) is 16.3. The maximum atomic E-state index is 12.1. The summed E-state index contributed by atoms with van der Waals surface area (Å²) in [5, 5.41) is 11.3. The summed E-state index contributed by atoms with van der Waals surface area (Å²) in [7, 11) is -3.54. The molecule has 7 heteroatoms. The van der Waals surface area contributed by atoms with Gasteiger partial charge < -0.3 is 11.1 Å². The second-order valence-electron chi connectivity index (χ2n) is 5.56. The van der Waals surface area contributed by atoms with Crippen molar-refractivity contribution >= 4 is 15.7 Å². The number of hydrogen-bond acceptors (Lipinski definition) is 5. The third kappa shape index (κ3) is 5.71. The van der Waals surface area contributed by atoms with Crippen molar-refractivity contribution < 1.29 is 13.2 Å². The van der Waals surface area contributed by atoms with Crippen LogP contribution in [0.15, 0.2) is 48.5 Å². The molecule has 2 aromatic rings. The van der Waals surface area contributed by atoms with Gasteiger partial charge in [0.1, 0.15) is 5.75 Å². The van der Waals surface area contributed by atoms with Crippen LogP contribution in [0.25, 0.3) is 11.1 Å². The standard InChI is InChI=1S/C18H19N3O3S/c19-9-10-21-18(22)13-25(23,24)12-15-3-7-17(8-4-15)16-5-1-14(11-20)2-6-16/h1-8H,9-10,12-13,19H2,(H,21,22). The molecule has 3 N–H and O–H groups in total. The number of carbonyl (C=O) groups is 1. The highest BCUT2D eigenvalue weighted by Gasteiger charge is 2.17. The van der Waals surface area contributed by atoms with Crippen LogP contribution in [-0.4, -0.2) is 33.2 Å². The van der Waals surface area contributed by atoms with Crippen LogP contribution in [0.4, 0.5) is 0 Å². The average Bonchev–Trinajstić information content (AvgIpc) is 2.60. The molecule has 0 aliphatic carbocycles. The molecule has 25 heavy (non-hydrogen) atoms. The van der Waals surface area contributed by atoms with Crippen LogP contribution in [0.3, 0.4) is 0 Å². The van der Waals surface area contributed by atoms with Gasteiger partial charge in [0.25, 0.3) is 0 Å². The first-order valence-electron chi connectivity index (χ1n) is 7.70. The zero-order valence-corrected chi connectivity index (χ0v) is 14.4. The molecule has 2 aromatic carbocycles. The quantitative estimate of drug-likeness (QED) is 0.773. The van der Waals surface area contributed by atoms with E-state index >= 15 is 0 Å². The van der Waals surface area contributed by atoms with E-state index in [9.17, 15) is 13.2 Å². The predicted octanol–water partition coefficient (Wildman–Crippen LogP) is 1.21. The Morgan fingerprint density at radius 1 is 1.04 bits per heavy atom. The predicted molar refractivity (Wildman–Crippen MR) is 96.1 cm³/mol. The van der Waals surface area contributed by atoms with Crippen LogP contribution in [0, 0.1) is 11.3 Å². The van der Waals surface area contributed by atoms with Crippen LogP contribution in [0.2, 0.25) is 0 Å². The number of amides is 1. The number of sulfone groups is 1. The van der Waals surface area contributed by atoms with Gasteiger partial charge >= 0.3 is 0 Å². The van der Waals surface area contributed by atoms with Crippen molar-refractivity contribution in [3.63, 3.8) is 0 Å². The van der Waals surface area contributed by atoms with E-state index < -0.39 is 21.5 Å². The SMILES string of the molecule is N#Cc1ccc(-c2ccc(CS(=O)(=O)CC(=O)NCCN)cc2)cc1. The Morgan fingerprint density at radius 2 is 1.60 bits per heavy atom. The van der Waals surface area contributed by atoms with Crippen molar-refractivity contribution in [1.82, 2.24) is 5.32 Å². The zero-order chi connectivity index (χ0) is 18.3. The van der Waals surface area contributed by atoms with E-state index in [0.29, 0.717) is 11.1 Å².